The summed E-state index contributed by atoms with van der Waals surface area (Å²) in [5, 5.41) is 12.4. The molecule has 2 saturated heterocycles. The number of carbonyl (C=O) groups is 1. The maximum absolute atomic E-state index is 12.7. The zero-order valence-corrected chi connectivity index (χ0v) is 8.76. The highest BCUT2D eigenvalue weighted by molar-refractivity contribution is 5.79. The van der Waals surface area contributed by atoms with Gasteiger partial charge in [0.1, 0.15) is 0 Å². The summed E-state index contributed by atoms with van der Waals surface area (Å²) >= 11 is 0. The van der Waals surface area contributed by atoms with Gasteiger partial charge in [-0.15, -0.1) is 0 Å². The highest BCUT2D eigenvalue weighted by Gasteiger charge is 2.63. The smallest absolute Gasteiger partial charge is 0.380 e. The Morgan fingerprint density at radius 1 is 1.50 bits per heavy atom. The lowest BCUT2D eigenvalue weighted by Crippen LogP contribution is -2.65. The van der Waals surface area contributed by atoms with Gasteiger partial charge in [0.25, 0.3) is 0 Å². The number of nitrogens with zero attached hydrogens (tertiary/aromatic N) is 1. The number of carbonyl (C=O) groups excluding carboxylic acids is 1. The zero-order chi connectivity index (χ0) is 12.2. The van der Waals surface area contributed by atoms with E-state index in [-0.39, 0.29) is 0 Å². The van der Waals surface area contributed by atoms with Gasteiger partial charge in [0.05, 0.1) is 12.1 Å². The average molecular weight is 238 g/mol. The van der Waals surface area contributed by atoms with Crippen molar-refractivity contribution in [3.05, 3.63) is 0 Å². The second-order valence-electron chi connectivity index (χ2n) is 4.63. The fourth-order valence-electron chi connectivity index (χ4n) is 2.52. The van der Waals surface area contributed by atoms with Crippen LogP contribution in [0.15, 0.2) is 0 Å². The van der Waals surface area contributed by atoms with Gasteiger partial charge in [-0.3, -0.25) is 10.1 Å². The molecule has 0 aromatic heterocycles. The van der Waals surface area contributed by atoms with Crippen molar-refractivity contribution in [2.45, 2.75) is 37.2 Å². The lowest BCUT2D eigenvalue weighted by atomic mass is 9.83. The first kappa shape index (κ1) is 11.7. The van der Waals surface area contributed by atoms with Crippen molar-refractivity contribution in [2.75, 3.05) is 13.1 Å². The van der Waals surface area contributed by atoms with Crippen LogP contribution in [0.4, 0.5) is 13.2 Å². The van der Waals surface area contributed by atoms with E-state index in [9.17, 15) is 23.1 Å². The predicted octanol–water partition coefficient (Wildman–Crippen LogP) is 0.222. The third-order valence-electron chi connectivity index (χ3n) is 3.35. The Balaban J connectivity index is 2.32. The van der Waals surface area contributed by atoms with Crippen LogP contribution >= 0.6 is 0 Å². The van der Waals surface area contributed by atoms with Crippen molar-refractivity contribution in [2.24, 2.45) is 0 Å². The molecule has 2 heterocycles. The molecule has 2 N–H and O–H groups in total. The largest absolute Gasteiger partial charge is 0.417 e. The van der Waals surface area contributed by atoms with E-state index in [4.69, 9.17) is 0 Å². The third-order valence-corrected chi connectivity index (χ3v) is 3.35. The van der Waals surface area contributed by atoms with Gasteiger partial charge in [0, 0.05) is 19.5 Å². The number of fused-ring (bicyclic) bond motifs is 1. The number of hydrogen-bond donors (Lipinski definition) is 2. The molecule has 0 radical (unpaired) electrons. The molecular formula is C9H13F3N2O2. The lowest BCUT2D eigenvalue weighted by molar-refractivity contribution is -0.279. The van der Waals surface area contributed by atoms with Gasteiger partial charge in [0.15, 0.2) is 5.60 Å². The number of aliphatic hydroxyl groups is 1. The summed E-state index contributed by atoms with van der Waals surface area (Å²) < 4.78 is 38.0. The Labute approximate surface area is 90.4 Å². The summed E-state index contributed by atoms with van der Waals surface area (Å²) in [6, 6.07) is 0. The Hall–Kier alpha value is -0.820. The van der Waals surface area contributed by atoms with E-state index in [0.717, 1.165) is 0 Å². The summed E-state index contributed by atoms with van der Waals surface area (Å²) in [4.78, 5) is 12.9. The van der Waals surface area contributed by atoms with Gasteiger partial charge in [-0.25, -0.2) is 0 Å². The van der Waals surface area contributed by atoms with Gasteiger partial charge in [-0.1, -0.05) is 0 Å². The molecular weight excluding hydrogens is 225 g/mol. The first-order chi connectivity index (χ1) is 7.18. The van der Waals surface area contributed by atoms with Crippen molar-refractivity contribution in [1.29, 1.82) is 0 Å². The molecule has 0 saturated carbocycles. The average Bonchev–Trinajstić information content (AvgIpc) is 2.43. The molecule has 0 bridgehead atoms. The minimum absolute atomic E-state index is 0.392. The van der Waals surface area contributed by atoms with Crippen molar-refractivity contribution in [1.82, 2.24) is 10.2 Å². The Bertz CT molecular complexity index is 333. The molecule has 2 aliphatic heterocycles. The van der Waals surface area contributed by atoms with E-state index in [0.29, 0.717) is 13.1 Å². The highest BCUT2D eigenvalue weighted by Crippen LogP contribution is 2.44. The van der Waals surface area contributed by atoms with Crippen LogP contribution in [-0.4, -0.2) is 46.4 Å². The standard InChI is InChI=1S/C9H13F3N2O2/c1-7-5-8(16,9(10,11)12)4-6(15)14(7)3-2-13-7/h13,16H,2-5H2,1H3/t7-,8-/m0/s1. The van der Waals surface area contributed by atoms with Crippen LogP contribution < -0.4 is 5.32 Å². The normalized spacial score (nSPS) is 40.1. The number of hydrogen-bond acceptors (Lipinski definition) is 3. The number of halogens is 3. The van der Waals surface area contributed by atoms with Gasteiger partial charge < -0.3 is 10.0 Å². The van der Waals surface area contributed by atoms with E-state index in [1.165, 1.54) is 11.8 Å². The van der Waals surface area contributed by atoms with Crippen molar-refractivity contribution in [3.8, 4) is 0 Å². The number of rotatable bonds is 0. The molecule has 1 amide bonds. The Morgan fingerprint density at radius 2 is 2.12 bits per heavy atom. The SMILES string of the molecule is C[C@@]12C[C@](O)(C(F)(F)F)CC(=O)N1CCN2. The summed E-state index contributed by atoms with van der Waals surface area (Å²) in [5.74, 6) is -0.654. The molecule has 2 atom stereocenters. The van der Waals surface area contributed by atoms with Gasteiger partial charge in [-0.2, -0.15) is 13.2 Å². The molecule has 0 aliphatic carbocycles. The van der Waals surface area contributed by atoms with E-state index in [2.05, 4.69) is 5.32 Å². The van der Waals surface area contributed by atoms with Gasteiger partial charge >= 0.3 is 6.18 Å². The molecule has 16 heavy (non-hydrogen) atoms. The number of amides is 1. The molecule has 0 unspecified atom stereocenters. The molecule has 92 valence electrons. The number of alkyl halides is 3. The third kappa shape index (κ3) is 1.49. The van der Waals surface area contributed by atoms with E-state index in [1.54, 1.807) is 0 Å². The quantitative estimate of drug-likeness (QED) is 0.635. The van der Waals surface area contributed by atoms with E-state index < -0.39 is 36.2 Å². The van der Waals surface area contributed by atoms with Crippen LogP contribution in [0.1, 0.15) is 19.8 Å². The predicted molar refractivity (Wildman–Crippen MR) is 48.4 cm³/mol. The van der Waals surface area contributed by atoms with Crippen LogP contribution in [-0.2, 0) is 4.79 Å². The highest BCUT2D eigenvalue weighted by atomic mass is 19.4. The first-order valence-electron chi connectivity index (χ1n) is 5.03. The van der Waals surface area contributed by atoms with Gasteiger partial charge in [-0.05, 0) is 6.92 Å². The monoisotopic (exact) mass is 238 g/mol. The van der Waals surface area contributed by atoms with Crippen LogP contribution in [0.5, 0.6) is 0 Å². The van der Waals surface area contributed by atoms with Crippen molar-refractivity contribution in [3.63, 3.8) is 0 Å². The molecule has 4 nitrogen and oxygen atoms in total. The zero-order valence-electron chi connectivity index (χ0n) is 8.76. The summed E-state index contributed by atoms with van der Waals surface area (Å²) in [6.45, 7) is 2.35. The minimum atomic E-state index is -4.78. The maximum atomic E-state index is 12.7. The fourth-order valence-corrected chi connectivity index (χ4v) is 2.52. The lowest BCUT2D eigenvalue weighted by Gasteiger charge is -2.46. The molecule has 2 fully saturated rings. The molecule has 2 rings (SSSR count). The van der Waals surface area contributed by atoms with Crippen LogP contribution in [0.25, 0.3) is 0 Å². The van der Waals surface area contributed by atoms with Crippen LogP contribution in [0, 0.1) is 0 Å². The molecule has 0 aromatic carbocycles. The summed E-state index contributed by atoms with van der Waals surface area (Å²) in [7, 11) is 0. The second kappa shape index (κ2) is 3.10. The van der Waals surface area contributed by atoms with Crippen molar-refractivity contribution < 1.29 is 23.1 Å². The van der Waals surface area contributed by atoms with Gasteiger partial charge in [0.2, 0.25) is 5.91 Å². The summed E-state index contributed by atoms with van der Waals surface area (Å²) in [5.41, 5.74) is -3.99. The Morgan fingerprint density at radius 3 is 2.69 bits per heavy atom. The molecule has 2 aliphatic rings. The van der Waals surface area contributed by atoms with E-state index in [1.807, 2.05) is 0 Å². The maximum Gasteiger partial charge on any atom is 0.417 e. The number of nitrogens with one attached hydrogen (secondary N) is 1. The molecule has 0 aromatic rings. The molecule has 7 heteroatoms. The summed E-state index contributed by atoms with van der Waals surface area (Å²) in [6.07, 6.45) is -6.18. The minimum Gasteiger partial charge on any atom is -0.380 e. The topological polar surface area (TPSA) is 52.6 Å². The second-order valence-corrected chi connectivity index (χ2v) is 4.63. The van der Waals surface area contributed by atoms with Crippen LogP contribution in [0.2, 0.25) is 0 Å². The number of piperidine rings is 1. The fraction of sp³-hybridized carbons (Fsp3) is 0.889. The van der Waals surface area contributed by atoms with Crippen LogP contribution in [0.3, 0.4) is 0 Å². The van der Waals surface area contributed by atoms with Crippen molar-refractivity contribution >= 4 is 5.91 Å². The Kier molecular flexibility index (Phi) is 2.26. The first-order valence-corrected chi connectivity index (χ1v) is 5.03. The molecule has 0 spiro atoms. The van der Waals surface area contributed by atoms with E-state index >= 15 is 0 Å².